The molecular formula is C13H24O9. The van der Waals surface area contributed by atoms with Crippen LogP contribution in [0.15, 0.2) is 0 Å². The van der Waals surface area contributed by atoms with E-state index in [4.69, 9.17) is 14.2 Å². The molecule has 0 saturated carbocycles. The molecule has 0 aliphatic carbocycles. The van der Waals surface area contributed by atoms with Crippen LogP contribution in [0.5, 0.6) is 0 Å². The normalized spacial score (nSPS) is 38.1. The zero-order chi connectivity index (χ0) is 17.0. The molecule has 0 aromatic rings. The van der Waals surface area contributed by atoms with Crippen molar-refractivity contribution in [3.05, 3.63) is 0 Å². The molecule has 1 aliphatic heterocycles. The Morgan fingerprint density at radius 1 is 1.14 bits per heavy atom. The van der Waals surface area contributed by atoms with Gasteiger partial charge in [0.1, 0.15) is 36.6 Å². The second kappa shape index (κ2) is 8.27. The van der Waals surface area contributed by atoms with E-state index in [9.17, 15) is 30.3 Å². The number of aldehydes is 1. The van der Waals surface area contributed by atoms with Gasteiger partial charge in [-0.3, -0.25) is 0 Å². The van der Waals surface area contributed by atoms with E-state index < -0.39 is 55.1 Å². The number of hydrogen-bond donors (Lipinski definition) is 5. The van der Waals surface area contributed by atoms with Crippen LogP contribution in [0, 0.1) is 0 Å². The molecule has 9 heteroatoms. The van der Waals surface area contributed by atoms with Gasteiger partial charge in [0.25, 0.3) is 0 Å². The van der Waals surface area contributed by atoms with Crippen LogP contribution in [0.1, 0.15) is 13.8 Å². The average molecular weight is 324 g/mol. The number of carbonyl (C=O) groups is 1. The van der Waals surface area contributed by atoms with Crippen molar-refractivity contribution in [3.63, 3.8) is 0 Å². The highest BCUT2D eigenvalue weighted by atomic mass is 16.7. The van der Waals surface area contributed by atoms with Gasteiger partial charge in [0.05, 0.1) is 12.2 Å². The van der Waals surface area contributed by atoms with Gasteiger partial charge in [0.2, 0.25) is 0 Å². The van der Waals surface area contributed by atoms with Crippen LogP contribution in [0.3, 0.4) is 0 Å². The summed E-state index contributed by atoms with van der Waals surface area (Å²) in [6, 6.07) is 0. The fraction of sp³-hybridized carbons (Fsp3) is 0.923. The van der Waals surface area contributed by atoms with Gasteiger partial charge in [-0.2, -0.15) is 0 Å². The van der Waals surface area contributed by atoms with Crippen molar-refractivity contribution in [2.24, 2.45) is 0 Å². The van der Waals surface area contributed by atoms with Crippen LogP contribution >= 0.6 is 0 Å². The molecule has 0 radical (unpaired) electrons. The smallest absolute Gasteiger partial charge is 0.187 e. The van der Waals surface area contributed by atoms with Crippen molar-refractivity contribution in [1.82, 2.24) is 0 Å². The Bertz CT molecular complexity index is 350. The summed E-state index contributed by atoms with van der Waals surface area (Å²) in [5, 5.41) is 48.3. The fourth-order valence-electron chi connectivity index (χ4n) is 2.21. The molecule has 0 bridgehead atoms. The van der Waals surface area contributed by atoms with E-state index in [1.807, 2.05) is 0 Å². The van der Waals surface area contributed by atoms with Gasteiger partial charge in [-0.05, 0) is 13.8 Å². The lowest BCUT2D eigenvalue weighted by molar-refractivity contribution is -0.309. The van der Waals surface area contributed by atoms with Gasteiger partial charge in [-0.1, -0.05) is 0 Å². The summed E-state index contributed by atoms with van der Waals surface area (Å²) in [7, 11) is 1.22. The molecule has 1 unspecified atom stereocenters. The number of rotatable bonds is 7. The third kappa shape index (κ3) is 4.21. The number of aliphatic hydroxyl groups excluding tert-OH is 5. The first-order chi connectivity index (χ1) is 10.2. The van der Waals surface area contributed by atoms with Crippen LogP contribution in [0.25, 0.3) is 0 Å². The quantitative estimate of drug-likeness (QED) is 0.312. The summed E-state index contributed by atoms with van der Waals surface area (Å²) >= 11 is 0. The van der Waals surface area contributed by atoms with E-state index in [2.05, 4.69) is 0 Å². The highest BCUT2D eigenvalue weighted by Gasteiger charge is 2.44. The Labute approximate surface area is 128 Å². The van der Waals surface area contributed by atoms with Crippen LogP contribution in [0.4, 0.5) is 0 Å². The van der Waals surface area contributed by atoms with E-state index in [0.29, 0.717) is 6.29 Å². The summed E-state index contributed by atoms with van der Waals surface area (Å²) < 4.78 is 15.4. The first kappa shape index (κ1) is 19.4. The van der Waals surface area contributed by atoms with Gasteiger partial charge in [-0.25, -0.2) is 0 Å². The SMILES string of the molecule is CO[C@@H]([C@H](O)[C@@H](C)O)[C@@H](C=O)OC1O[C@H](C)[C@@H](O)[C@H](O)[C@@H]1O. The minimum atomic E-state index is -1.59. The maximum atomic E-state index is 11.2. The van der Waals surface area contributed by atoms with Crippen molar-refractivity contribution in [3.8, 4) is 0 Å². The van der Waals surface area contributed by atoms with E-state index in [1.54, 1.807) is 0 Å². The topological polar surface area (TPSA) is 146 Å². The largest absolute Gasteiger partial charge is 0.391 e. The summed E-state index contributed by atoms with van der Waals surface area (Å²) in [5.74, 6) is 0. The standard InChI is InChI=1S/C13H24O9/c1-5(15)8(16)12(20-3)7(4-14)22-13-11(19)10(18)9(17)6(2)21-13/h4-13,15-19H,1-3H3/t5-,6-,7-,8-,9-,10+,11+,12-,13?/m1/s1. The molecule has 5 N–H and O–H groups in total. The van der Waals surface area contributed by atoms with Gasteiger partial charge < -0.3 is 44.5 Å². The van der Waals surface area contributed by atoms with Crippen molar-refractivity contribution in [2.75, 3.05) is 7.11 Å². The molecule has 22 heavy (non-hydrogen) atoms. The lowest BCUT2D eigenvalue weighted by Crippen LogP contribution is -2.59. The first-order valence-corrected chi connectivity index (χ1v) is 6.93. The van der Waals surface area contributed by atoms with E-state index >= 15 is 0 Å². The molecule has 0 aromatic carbocycles. The van der Waals surface area contributed by atoms with E-state index in [-0.39, 0.29) is 0 Å². The number of carbonyl (C=O) groups excluding carboxylic acids is 1. The molecule has 0 spiro atoms. The number of ether oxygens (including phenoxy) is 3. The molecule has 1 rings (SSSR count). The monoisotopic (exact) mass is 324 g/mol. The molecule has 9 nitrogen and oxygen atoms in total. The zero-order valence-corrected chi connectivity index (χ0v) is 12.6. The summed E-state index contributed by atoms with van der Waals surface area (Å²) in [5.41, 5.74) is 0. The highest BCUT2D eigenvalue weighted by Crippen LogP contribution is 2.24. The molecule has 1 fully saturated rings. The van der Waals surface area contributed by atoms with Crippen molar-refractivity contribution in [1.29, 1.82) is 0 Å². The summed E-state index contributed by atoms with van der Waals surface area (Å²) in [6.45, 7) is 2.77. The fourth-order valence-corrected chi connectivity index (χ4v) is 2.21. The molecular weight excluding hydrogens is 300 g/mol. The van der Waals surface area contributed by atoms with Gasteiger partial charge in [0.15, 0.2) is 12.6 Å². The minimum absolute atomic E-state index is 0.331. The molecule has 0 amide bonds. The number of methoxy groups -OCH3 is 1. The van der Waals surface area contributed by atoms with Crippen molar-refractivity contribution in [2.45, 2.75) is 69.0 Å². The third-order valence-corrected chi connectivity index (χ3v) is 3.66. The number of hydrogen-bond acceptors (Lipinski definition) is 9. The van der Waals surface area contributed by atoms with Gasteiger partial charge in [-0.15, -0.1) is 0 Å². The lowest BCUT2D eigenvalue weighted by atomic mass is 9.99. The molecule has 0 aromatic heterocycles. The first-order valence-electron chi connectivity index (χ1n) is 6.93. The van der Waals surface area contributed by atoms with Gasteiger partial charge >= 0.3 is 0 Å². The average Bonchev–Trinajstić information content (AvgIpc) is 2.49. The Kier molecular flexibility index (Phi) is 7.29. The van der Waals surface area contributed by atoms with Crippen LogP contribution in [0.2, 0.25) is 0 Å². The predicted octanol–water partition coefficient (Wildman–Crippen LogP) is -2.85. The summed E-state index contributed by atoms with van der Waals surface area (Å²) in [6.07, 6.45) is -11.5. The molecule has 130 valence electrons. The van der Waals surface area contributed by atoms with E-state index in [1.165, 1.54) is 21.0 Å². The Hall–Kier alpha value is -0.650. The number of aliphatic hydroxyl groups is 5. The second-order valence-electron chi connectivity index (χ2n) is 5.35. The Balaban J connectivity index is 2.82. The van der Waals surface area contributed by atoms with Crippen LogP contribution in [-0.2, 0) is 19.0 Å². The lowest BCUT2D eigenvalue weighted by Gasteiger charge is -2.40. The molecule has 1 heterocycles. The summed E-state index contributed by atoms with van der Waals surface area (Å²) in [4.78, 5) is 11.2. The van der Waals surface area contributed by atoms with Crippen molar-refractivity contribution < 1.29 is 44.5 Å². The maximum absolute atomic E-state index is 11.2. The highest BCUT2D eigenvalue weighted by molar-refractivity contribution is 5.57. The molecule has 9 atom stereocenters. The minimum Gasteiger partial charge on any atom is -0.391 e. The third-order valence-electron chi connectivity index (χ3n) is 3.66. The van der Waals surface area contributed by atoms with Crippen LogP contribution < -0.4 is 0 Å². The molecule has 1 aliphatic rings. The Morgan fingerprint density at radius 3 is 2.18 bits per heavy atom. The second-order valence-corrected chi connectivity index (χ2v) is 5.35. The maximum Gasteiger partial charge on any atom is 0.187 e. The van der Waals surface area contributed by atoms with Crippen molar-refractivity contribution >= 4 is 6.29 Å². The Morgan fingerprint density at radius 2 is 1.73 bits per heavy atom. The molecule has 1 saturated heterocycles. The van der Waals surface area contributed by atoms with Crippen LogP contribution in [-0.4, -0.2) is 94.1 Å². The predicted molar refractivity (Wildman–Crippen MR) is 71.8 cm³/mol. The van der Waals surface area contributed by atoms with Gasteiger partial charge in [0, 0.05) is 7.11 Å². The van der Waals surface area contributed by atoms with E-state index in [0.717, 1.165) is 0 Å². The zero-order valence-electron chi connectivity index (χ0n) is 12.6.